The van der Waals surface area contributed by atoms with Crippen molar-refractivity contribution in [1.82, 2.24) is 15.0 Å². The summed E-state index contributed by atoms with van der Waals surface area (Å²) in [6.45, 7) is 5.09. The number of carbonyl (C=O) groups excluding carboxylic acids is 1. The van der Waals surface area contributed by atoms with Crippen molar-refractivity contribution in [3.63, 3.8) is 0 Å². The van der Waals surface area contributed by atoms with Crippen molar-refractivity contribution in [3.05, 3.63) is 57.3 Å². The molecule has 1 aliphatic rings. The Morgan fingerprint density at radius 3 is 2.93 bits per heavy atom. The third-order valence-electron chi connectivity index (χ3n) is 5.02. The standard InChI is InChI=1S/C21H22ClN5O2S/c1-12-4-3-5-16(22)15(12)8-17(29)18-10-23-21(30-18)26-19-9-20(25-13(2)24-19)27-7-6-14(28)11-27/h3-5,9-10,14,28H,6-8,11H2,1-2H3,(H,23,24,25,26)/t14-/m1/s1. The molecule has 1 atom stereocenters. The molecule has 0 amide bonds. The van der Waals surface area contributed by atoms with Crippen molar-refractivity contribution in [2.45, 2.75) is 32.8 Å². The second kappa shape index (κ2) is 8.67. The number of ketones is 1. The van der Waals surface area contributed by atoms with E-state index < -0.39 is 0 Å². The molecule has 1 aliphatic heterocycles. The molecule has 30 heavy (non-hydrogen) atoms. The van der Waals surface area contributed by atoms with Crippen molar-refractivity contribution >= 4 is 45.5 Å². The summed E-state index contributed by atoms with van der Waals surface area (Å²) in [5.41, 5.74) is 1.84. The molecule has 4 rings (SSSR count). The zero-order valence-electron chi connectivity index (χ0n) is 16.7. The van der Waals surface area contributed by atoms with Gasteiger partial charge in [-0.3, -0.25) is 4.79 Å². The van der Waals surface area contributed by atoms with Crippen LogP contribution in [0.5, 0.6) is 0 Å². The predicted molar refractivity (Wildman–Crippen MR) is 119 cm³/mol. The van der Waals surface area contributed by atoms with E-state index in [1.54, 1.807) is 12.3 Å². The number of carbonyl (C=O) groups is 1. The highest BCUT2D eigenvalue weighted by atomic mass is 35.5. The number of thiazole rings is 1. The van der Waals surface area contributed by atoms with Crippen molar-refractivity contribution in [1.29, 1.82) is 0 Å². The SMILES string of the molecule is Cc1nc(Nc2ncc(C(=O)Cc3c(C)cccc3Cl)s2)cc(N2CC[C@@H](O)C2)n1. The normalized spacial score (nSPS) is 16.1. The fourth-order valence-corrected chi connectivity index (χ4v) is 4.49. The number of rotatable bonds is 6. The van der Waals surface area contributed by atoms with Crippen molar-refractivity contribution < 1.29 is 9.90 Å². The quantitative estimate of drug-likeness (QED) is 0.557. The molecule has 1 fully saturated rings. The number of aliphatic hydroxyl groups excluding tert-OH is 1. The van der Waals surface area contributed by atoms with Gasteiger partial charge in [0, 0.05) is 30.6 Å². The summed E-state index contributed by atoms with van der Waals surface area (Å²) in [6, 6.07) is 7.45. The molecule has 156 valence electrons. The number of nitrogens with zero attached hydrogens (tertiary/aromatic N) is 4. The maximum absolute atomic E-state index is 12.7. The minimum atomic E-state index is -0.328. The van der Waals surface area contributed by atoms with E-state index in [0.29, 0.717) is 33.2 Å². The van der Waals surface area contributed by atoms with Crippen molar-refractivity contribution in [2.75, 3.05) is 23.3 Å². The number of aliphatic hydroxyl groups is 1. The van der Waals surface area contributed by atoms with Gasteiger partial charge in [-0.05, 0) is 37.5 Å². The summed E-state index contributed by atoms with van der Waals surface area (Å²) in [5, 5.41) is 14.1. The first-order chi connectivity index (χ1) is 14.4. The van der Waals surface area contributed by atoms with Crippen LogP contribution in [0.15, 0.2) is 30.5 Å². The third kappa shape index (κ3) is 4.61. The summed E-state index contributed by atoms with van der Waals surface area (Å²) in [7, 11) is 0. The highest BCUT2D eigenvalue weighted by molar-refractivity contribution is 7.17. The number of hydrogen-bond donors (Lipinski definition) is 2. The molecule has 1 saturated heterocycles. The Balaban J connectivity index is 1.48. The first-order valence-electron chi connectivity index (χ1n) is 9.68. The monoisotopic (exact) mass is 443 g/mol. The lowest BCUT2D eigenvalue weighted by Gasteiger charge is -2.17. The average Bonchev–Trinajstić information content (AvgIpc) is 3.33. The Morgan fingerprint density at radius 2 is 2.20 bits per heavy atom. The number of aryl methyl sites for hydroxylation is 2. The van der Waals surface area contributed by atoms with Crippen molar-refractivity contribution in [3.8, 4) is 0 Å². The van der Waals surface area contributed by atoms with E-state index in [9.17, 15) is 9.90 Å². The lowest BCUT2D eigenvalue weighted by atomic mass is 10.0. The molecular weight excluding hydrogens is 422 g/mol. The first kappa shape index (κ1) is 20.7. The van der Waals surface area contributed by atoms with Crippen LogP contribution in [0.1, 0.15) is 33.0 Å². The van der Waals surface area contributed by atoms with Crippen LogP contribution in [0, 0.1) is 13.8 Å². The van der Waals surface area contributed by atoms with Gasteiger partial charge in [0.25, 0.3) is 0 Å². The number of β-amino-alcohol motifs (C(OH)–C–C–N with tert-alkyl or cyclic N) is 1. The lowest BCUT2D eigenvalue weighted by Crippen LogP contribution is -2.22. The molecule has 1 aromatic carbocycles. The maximum atomic E-state index is 12.7. The van der Waals surface area contributed by atoms with Crippen molar-refractivity contribution in [2.24, 2.45) is 0 Å². The van der Waals surface area contributed by atoms with Crippen LogP contribution in [0.4, 0.5) is 16.8 Å². The lowest BCUT2D eigenvalue weighted by molar-refractivity contribution is 0.0996. The molecule has 7 nitrogen and oxygen atoms in total. The molecule has 3 heterocycles. The Hall–Kier alpha value is -2.55. The number of aromatic nitrogens is 3. The molecule has 0 saturated carbocycles. The Labute approximate surface area is 183 Å². The second-order valence-corrected chi connectivity index (χ2v) is 8.77. The molecular formula is C21H22ClN5O2S. The van der Waals surface area contributed by atoms with Gasteiger partial charge in [0.1, 0.15) is 17.5 Å². The zero-order valence-corrected chi connectivity index (χ0v) is 18.3. The number of halogens is 1. The van der Waals surface area contributed by atoms with Gasteiger partial charge in [-0.2, -0.15) is 0 Å². The molecule has 2 N–H and O–H groups in total. The van der Waals surface area contributed by atoms with E-state index in [1.807, 2.05) is 36.9 Å². The van der Waals surface area contributed by atoms with Gasteiger partial charge < -0.3 is 15.3 Å². The summed E-state index contributed by atoms with van der Waals surface area (Å²) >= 11 is 7.54. The summed E-state index contributed by atoms with van der Waals surface area (Å²) in [5.74, 6) is 1.97. The van der Waals surface area contributed by atoms with E-state index >= 15 is 0 Å². The smallest absolute Gasteiger partial charge is 0.188 e. The van der Waals surface area contributed by atoms with Crippen LogP contribution < -0.4 is 10.2 Å². The van der Waals surface area contributed by atoms with Gasteiger partial charge in [0.05, 0.1) is 17.2 Å². The van der Waals surface area contributed by atoms with Gasteiger partial charge in [-0.15, -0.1) is 0 Å². The van der Waals surface area contributed by atoms with E-state index in [0.717, 1.165) is 29.9 Å². The van der Waals surface area contributed by atoms with Gasteiger partial charge in [-0.25, -0.2) is 15.0 Å². The van der Waals surface area contributed by atoms with Crippen LogP contribution in [-0.4, -0.2) is 45.0 Å². The third-order valence-corrected chi connectivity index (χ3v) is 6.33. The number of hydrogen-bond acceptors (Lipinski definition) is 8. The Bertz CT molecular complexity index is 1070. The summed E-state index contributed by atoms with van der Waals surface area (Å²) < 4.78 is 0. The largest absolute Gasteiger partial charge is 0.391 e. The number of Topliss-reactive ketones (excluding diaryl/α,β-unsaturated/α-hetero) is 1. The topological polar surface area (TPSA) is 91.2 Å². The van der Waals surface area contributed by atoms with Gasteiger partial charge in [0.2, 0.25) is 0 Å². The van der Waals surface area contributed by atoms with Crippen LogP contribution in [0.3, 0.4) is 0 Å². The minimum absolute atomic E-state index is 0.0256. The van der Waals surface area contributed by atoms with E-state index in [1.165, 1.54) is 11.3 Å². The second-order valence-electron chi connectivity index (χ2n) is 7.34. The fraction of sp³-hybridized carbons (Fsp3) is 0.333. The number of benzene rings is 1. The molecule has 0 unspecified atom stereocenters. The zero-order chi connectivity index (χ0) is 21.3. The predicted octanol–water partition coefficient (Wildman–Crippen LogP) is 3.94. The Kier molecular flexibility index (Phi) is 5.99. The molecule has 9 heteroatoms. The molecule has 0 spiro atoms. The highest BCUT2D eigenvalue weighted by Crippen LogP contribution is 2.27. The maximum Gasteiger partial charge on any atom is 0.188 e. The minimum Gasteiger partial charge on any atom is -0.391 e. The van der Waals surface area contributed by atoms with Gasteiger partial charge >= 0.3 is 0 Å². The van der Waals surface area contributed by atoms with Crippen LogP contribution in [0.25, 0.3) is 0 Å². The summed E-state index contributed by atoms with van der Waals surface area (Å²) in [6.07, 6.45) is 2.22. The summed E-state index contributed by atoms with van der Waals surface area (Å²) in [4.78, 5) is 28.5. The number of anilines is 3. The highest BCUT2D eigenvalue weighted by Gasteiger charge is 2.22. The van der Waals surface area contributed by atoms with Gasteiger partial charge in [0.15, 0.2) is 10.9 Å². The number of nitrogens with one attached hydrogen (secondary N) is 1. The van der Waals surface area contributed by atoms with E-state index in [-0.39, 0.29) is 18.3 Å². The molecule has 2 aromatic heterocycles. The molecule has 0 radical (unpaired) electrons. The average molecular weight is 444 g/mol. The van der Waals surface area contributed by atoms with E-state index in [2.05, 4.69) is 20.3 Å². The Morgan fingerprint density at radius 1 is 1.37 bits per heavy atom. The fourth-order valence-electron chi connectivity index (χ4n) is 3.44. The van der Waals surface area contributed by atoms with Crippen LogP contribution in [-0.2, 0) is 6.42 Å². The molecule has 0 bridgehead atoms. The molecule has 3 aromatic rings. The van der Waals surface area contributed by atoms with Crippen LogP contribution >= 0.6 is 22.9 Å². The first-order valence-corrected chi connectivity index (χ1v) is 10.9. The van der Waals surface area contributed by atoms with Gasteiger partial charge in [-0.1, -0.05) is 35.1 Å². The molecule has 0 aliphatic carbocycles. The van der Waals surface area contributed by atoms with Crippen LogP contribution in [0.2, 0.25) is 5.02 Å². The van der Waals surface area contributed by atoms with E-state index in [4.69, 9.17) is 11.6 Å².